The van der Waals surface area contributed by atoms with E-state index in [1.54, 1.807) is 7.11 Å². The third-order valence-electron chi connectivity index (χ3n) is 4.05. The van der Waals surface area contributed by atoms with Gasteiger partial charge in [0.1, 0.15) is 23.2 Å². The molecule has 0 aliphatic rings. The number of halogens is 1. The summed E-state index contributed by atoms with van der Waals surface area (Å²) in [4.78, 5) is 4.44. The highest BCUT2D eigenvalue weighted by atomic mass is 79.9. The standard InChI is InChI=1S/C21H18BrN3O2/c1-26-13-27-20-8-3-2-7-16(20)19-10-17(18(12-23)21(24)25-19)15-6-4-5-14(9-15)11-22/h2-10H,11,13H2,1H3,(H2,24,25). The van der Waals surface area contributed by atoms with Crippen LogP contribution in [-0.4, -0.2) is 18.9 Å². The van der Waals surface area contributed by atoms with Gasteiger partial charge in [0.15, 0.2) is 6.79 Å². The summed E-state index contributed by atoms with van der Waals surface area (Å²) in [5.74, 6) is 0.826. The molecule has 0 atom stereocenters. The maximum absolute atomic E-state index is 9.60. The van der Waals surface area contributed by atoms with E-state index in [0.717, 1.165) is 27.6 Å². The van der Waals surface area contributed by atoms with Gasteiger partial charge in [-0.3, -0.25) is 0 Å². The fourth-order valence-corrected chi connectivity index (χ4v) is 3.15. The summed E-state index contributed by atoms with van der Waals surface area (Å²) in [7, 11) is 1.57. The largest absolute Gasteiger partial charge is 0.467 e. The number of nitrogens with zero attached hydrogens (tertiary/aromatic N) is 2. The van der Waals surface area contributed by atoms with Crippen LogP contribution in [-0.2, 0) is 10.1 Å². The van der Waals surface area contributed by atoms with Gasteiger partial charge in [0.25, 0.3) is 0 Å². The summed E-state index contributed by atoms with van der Waals surface area (Å²) >= 11 is 3.47. The number of anilines is 1. The molecule has 1 heterocycles. The fourth-order valence-electron chi connectivity index (χ4n) is 2.80. The van der Waals surface area contributed by atoms with Crippen molar-refractivity contribution in [2.24, 2.45) is 0 Å². The lowest BCUT2D eigenvalue weighted by Crippen LogP contribution is -2.03. The van der Waals surface area contributed by atoms with Crippen molar-refractivity contribution in [3.63, 3.8) is 0 Å². The SMILES string of the molecule is COCOc1ccccc1-c1cc(-c2cccc(CBr)c2)c(C#N)c(N)n1. The van der Waals surface area contributed by atoms with Gasteiger partial charge in [-0.2, -0.15) is 5.26 Å². The molecule has 5 nitrogen and oxygen atoms in total. The monoisotopic (exact) mass is 423 g/mol. The average molecular weight is 424 g/mol. The van der Waals surface area contributed by atoms with Gasteiger partial charge in [0, 0.05) is 23.6 Å². The number of pyridine rings is 1. The molecule has 0 radical (unpaired) electrons. The molecule has 0 saturated heterocycles. The van der Waals surface area contributed by atoms with Gasteiger partial charge in [-0.1, -0.05) is 52.3 Å². The highest BCUT2D eigenvalue weighted by molar-refractivity contribution is 9.08. The zero-order valence-corrected chi connectivity index (χ0v) is 16.4. The zero-order valence-electron chi connectivity index (χ0n) is 14.8. The molecule has 0 amide bonds. The lowest BCUT2D eigenvalue weighted by molar-refractivity contribution is 0.0515. The van der Waals surface area contributed by atoms with Crippen molar-refractivity contribution in [1.29, 1.82) is 5.26 Å². The molecule has 6 heteroatoms. The summed E-state index contributed by atoms with van der Waals surface area (Å²) in [6, 6.07) is 19.5. The van der Waals surface area contributed by atoms with E-state index in [1.807, 2.05) is 54.6 Å². The summed E-state index contributed by atoms with van der Waals surface area (Å²) in [6.07, 6.45) is 0. The predicted octanol–water partition coefficient (Wildman–Crippen LogP) is 4.75. The van der Waals surface area contributed by atoms with Crippen molar-refractivity contribution in [2.75, 3.05) is 19.6 Å². The Labute approximate surface area is 166 Å². The van der Waals surface area contributed by atoms with Crippen LogP contribution >= 0.6 is 15.9 Å². The molecular formula is C21H18BrN3O2. The first-order valence-electron chi connectivity index (χ1n) is 8.25. The third kappa shape index (κ3) is 4.11. The van der Waals surface area contributed by atoms with E-state index in [-0.39, 0.29) is 12.6 Å². The highest BCUT2D eigenvalue weighted by Gasteiger charge is 2.16. The zero-order chi connectivity index (χ0) is 19.2. The summed E-state index contributed by atoms with van der Waals surface area (Å²) in [5.41, 5.74) is 10.7. The number of methoxy groups -OCH3 is 1. The number of para-hydroxylation sites is 1. The smallest absolute Gasteiger partial charge is 0.188 e. The molecule has 0 spiro atoms. The van der Waals surface area contributed by atoms with Gasteiger partial charge in [-0.25, -0.2) is 4.98 Å². The number of rotatable bonds is 6. The number of hydrogen-bond donors (Lipinski definition) is 1. The summed E-state index contributed by atoms with van der Waals surface area (Å²) < 4.78 is 10.6. The molecule has 0 saturated carbocycles. The molecule has 0 aliphatic carbocycles. The first-order valence-corrected chi connectivity index (χ1v) is 9.37. The van der Waals surface area contributed by atoms with Crippen LogP contribution in [0, 0.1) is 11.3 Å². The second-order valence-corrected chi connectivity index (χ2v) is 6.37. The fraction of sp³-hybridized carbons (Fsp3) is 0.143. The van der Waals surface area contributed by atoms with E-state index in [9.17, 15) is 5.26 Å². The average Bonchev–Trinajstić information content (AvgIpc) is 2.72. The summed E-state index contributed by atoms with van der Waals surface area (Å²) in [5, 5.41) is 10.3. The molecule has 2 aromatic carbocycles. The van der Waals surface area contributed by atoms with Crippen LogP contribution in [0.1, 0.15) is 11.1 Å². The van der Waals surface area contributed by atoms with E-state index in [2.05, 4.69) is 27.0 Å². The van der Waals surface area contributed by atoms with Crippen molar-refractivity contribution in [3.8, 4) is 34.2 Å². The third-order valence-corrected chi connectivity index (χ3v) is 4.69. The molecule has 0 unspecified atom stereocenters. The molecule has 0 fully saturated rings. The van der Waals surface area contributed by atoms with Crippen molar-refractivity contribution in [1.82, 2.24) is 4.98 Å². The molecule has 3 aromatic rings. The van der Waals surface area contributed by atoms with Gasteiger partial charge in [0.05, 0.1) is 5.69 Å². The minimum absolute atomic E-state index is 0.128. The predicted molar refractivity (Wildman–Crippen MR) is 109 cm³/mol. The van der Waals surface area contributed by atoms with Crippen LogP contribution < -0.4 is 10.5 Å². The van der Waals surface area contributed by atoms with Gasteiger partial charge in [-0.15, -0.1) is 0 Å². The van der Waals surface area contributed by atoms with Gasteiger partial charge < -0.3 is 15.2 Å². The lowest BCUT2D eigenvalue weighted by atomic mass is 9.97. The van der Waals surface area contributed by atoms with Crippen LogP contribution in [0.25, 0.3) is 22.4 Å². The Morgan fingerprint density at radius 1 is 1.11 bits per heavy atom. The van der Waals surface area contributed by atoms with E-state index in [1.165, 1.54) is 0 Å². The molecule has 136 valence electrons. The number of benzene rings is 2. The molecule has 1 aromatic heterocycles. The molecule has 0 bridgehead atoms. The number of nitriles is 1. The topological polar surface area (TPSA) is 81.2 Å². The van der Waals surface area contributed by atoms with E-state index in [0.29, 0.717) is 17.0 Å². The van der Waals surface area contributed by atoms with E-state index >= 15 is 0 Å². The van der Waals surface area contributed by atoms with Gasteiger partial charge in [0.2, 0.25) is 0 Å². The second kappa shape index (κ2) is 8.67. The Kier molecular flexibility index (Phi) is 6.07. The van der Waals surface area contributed by atoms with Crippen molar-refractivity contribution < 1.29 is 9.47 Å². The first kappa shape index (κ1) is 18.9. The Bertz CT molecular complexity index is 999. The Balaban J connectivity index is 2.17. The van der Waals surface area contributed by atoms with Crippen molar-refractivity contribution >= 4 is 21.7 Å². The lowest BCUT2D eigenvalue weighted by Gasteiger charge is -2.14. The number of nitrogen functional groups attached to an aromatic ring is 1. The minimum Gasteiger partial charge on any atom is -0.467 e. The van der Waals surface area contributed by atoms with Gasteiger partial charge in [-0.05, 0) is 29.3 Å². The quantitative estimate of drug-likeness (QED) is 0.456. The molecule has 27 heavy (non-hydrogen) atoms. The first-order chi connectivity index (χ1) is 13.2. The van der Waals surface area contributed by atoms with E-state index < -0.39 is 0 Å². The molecule has 3 rings (SSSR count). The Morgan fingerprint density at radius 3 is 2.67 bits per heavy atom. The number of alkyl halides is 1. The van der Waals surface area contributed by atoms with Crippen LogP contribution in [0.15, 0.2) is 54.6 Å². The Morgan fingerprint density at radius 2 is 1.93 bits per heavy atom. The summed E-state index contributed by atoms with van der Waals surface area (Å²) in [6.45, 7) is 0.128. The normalized spacial score (nSPS) is 10.4. The number of aromatic nitrogens is 1. The maximum atomic E-state index is 9.60. The highest BCUT2D eigenvalue weighted by Crippen LogP contribution is 2.35. The van der Waals surface area contributed by atoms with Crippen molar-refractivity contribution in [3.05, 3.63) is 65.7 Å². The maximum Gasteiger partial charge on any atom is 0.188 e. The van der Waals surface area contributed by atoms with Crippen LogP contribution in [0.4, 0.5) is 5.82 Å². The van der Waals surface area contributed by atoms with Crippen molar-refractivity contribution in [2.45, 2.75) is 5.33 Å². The van der Waals surface area contributed by atoms with Crippen LogP contribution in [0.5, 0.6) is 5.75 Å². The van der Waals surface area contributed by atoms with Crippen LogP contribution in [0.2, 0.25) is 0 Å². The van der Waals surface area contributed by atoms with Crippen LogP contribution in [0.3, 0.4) is 0 Å². The number of hydrogen-bond acceptors (Lipinski definition) is 5. The number of ether oxygens (including phenoxy) is 2. The molecular weight excluding hydrogens is 406 g/mol. The molecule has 2 N–H and O–H groups in total. The Hall–Kier alpha value is -2.88. The second-order valence-electron chi connectivity index (χ2n) is 5.81. The van der Waals surface area contributed by atoms with E-state index in [4.69, 9.17) is 15.2 Å². The molecule has 0 aliphatic heterocycles. The van der Waals surface area contributed by atoms with Gasteiger partial charge >= 0.3 is 0 Å². The number of nitrogens with two attached hydrogens (primary N) is 1. The minimum atomic E-state index is 0.128.